The largest absolute Gasteiger partial charge is 0.436 e. The van der Waals surface area contributed by atoms with Crippen molar-refractivity contribution in [3.63, 3.8) is 0 Å². The van der Waals surface area contributed by atoms with E-state index < -0.39 is 23.3 Å². The molecule has 0 aliphatic carbocycles. The van der Waals surface area contributed by atoms with Gasteiger partial charge in [-0.05, 0) is 12.1 Å². The van der Waals surface area contributed by atoms with Crippen molar-refractivity contribution in [2.45, 2.75) is 0 Å². The number of anilines is 1. The molecule has 1 heterocycles. The average Bonchev–Trinajstić information content (AvgIpc) is 2.31. The minimum Gasteiger partial charge on any atom is -0.436 e. The lowest BCUT2D eigenvalue weighted by atomic mass is 10.3. The summed E-state index contributed by atoms with van der Waals surface area (Å²) in [5.74, 6) is -2.92. The normalized spacial score (nSPS) is 10.4. The van der Waals surface area contributed by atoms with E-state index >= 15 is 0 Å². The molecule has 19 heavy (non-hydrogen) atoms. The van der Waals surface area contributed by atoms with Crippen molar-refractivity contribution in [2.75, 3.05) is 12.4 Å². The lowest BCUT2D eigenvalue weighted by Crippen LogP contribution is -2.01. The third-order valence-electron chi connectivity index (χ3n) is 2.18. The van der Waals surface area contributed by atoms with E-state index in [2.05, 4.69) is 26.2 Å². The van der Waals surface area contributed by atoms with Crippen LogP contribution in [0.5, 0.6) is 11.6 Å². The van der Waals surface area contributed by atoms with Gasteiger partial charge in [-0.15, -0.1) is 0 Å². The number of aromatic nitrogens is 1. The van der Waals surface area contributed by atoms with Crippen LogP contribution >= 0.6 is 15.9 Å². The molecule has 100 valence electrons. The highest BCUT2D eigenvalue weighted by Gasteiger charge is 2.13. The van der Waals surface area contributed by atoms with Crippen molar-refractivity contribution in [1.29, 1.82) is 0 Å². The Hall–Kier alpha value is -1.76. The van der Waals surface area contributed by atoms with Gasteiger partial charge in [-0.25, -0.2) is 13.2 Å². The smallest absolute Gasteiger partial charge is 0.258 e. The van der Waals surface area contributed by atoms with Gasteiger partial charge < -0.3 is 10.1 Å². The minimum atomic E-state index is -0.975. The van der Waals surface area contributed by atoms with Crippen LogP contribution in [0.3, 0.4) is 0 Å². The van der Waals surface area contributed by atoms with Crippen LogP contribution in [-0.2, 0) is 0 Å². The number of rotatable bonds is 3. The molecule has 2 rings (SSSR count). The van der Waals surface area contributed by atoms with Gasteiger partial charge in [0.25, 0.3) is 5.88 Å². The van der Waals surface area contributed by atoms with Crippen LogP contribution in [0.15, 0.2) is 28.7 Å². The zero-order valence-corrected chi connectivity index (χ0v) is 11.3. The lowest BCUT2D eigenvalue weighted by Gasteiger charge is -2.09. The van der Waals surface area contributed by atoms with E-state index in [1.54, 1.807) is 0 Å². The highest BCUT2D eigenvalue weighted by molar-refractivity contribution is 9.10. The first-order valence-electron chi connectivity index (χ1n) is 5.17. The van der Waals surface area contributed by atoms with Gasteiger partial charge >= 0.3 is 0 Å². The van der Waals surface area contributed by atoms with E-state index in [0.717, 1.165) is 6.07 Å². The van der Waals surface area contributed by atoms with Gasteiger partial charge in [0.15, 0.2) is 17.5 Å². The van der Waals surface area contributed by atoms with E-state index in [-0.39, 0.29) is 11.6 Å². The fraction of sp³-hybridized carbons (Fsp3) is 0.0833. The van der Waals surface area contributed by atoms with Crippen LogP contribution in [-0.4, -0.2) is 12.0 Å². The second kappa shape index (κ2) is 5.48. The molecule has 0 saturated carbocycles. The monoisotopic (exact) mass is 332 g/mol. The van der Waals surface area contributed by atoms with Gasteiger partial charge in [-0.2, -0.15) is 4.98 Å². The zero-order valence-electron chi connectivity index (χ0n) is 9.68. The summed E-state index contributed by atoms with van der Waals surface area (Å²) < 4.78 is 45.4. The number of pyridine rings is 1. The van der Waals surface area contributed by atoms with Crippen molar-refractivity contribution < 1.29 is 17.9 Å². The third kappa shape index (κ3) is 3.17. The Bertz CT molecular complexity index is 602. The zero-order chi connectivity index (χ0) is 14.0. The summed E-state index contributed by atoms with van der Waals surface area (Å²) in [5.41, 5.74) is 0. The Morgan fingerprint density at radius 3 is 2.47 bits per heavy atom. The van der Waals surface area contributed by atoms with Gasteiger partial charge in [0.2, 0.25) is 0 Å². The molecule has 2 aromatic rings. The Morgan fingerprint density at radius 2 is 1.84 bits per heavy atom. The molecule has 0 aliphatic heterocycles. The summed E-state index contributed by atoms with van der Waals surface area (Å²) in [6, 6.07) is 4.36. The standard InChI is InChI=1S/C12H8BrF3N2O/c1-17-11-9(15)5-10(16)12(18-11)19-8-3-6(13)2-7(14)4-8/h2-5H,1H3,(H,17,18). The second-order valence-electron chi connectivity index (χ2n) is 3.56. The molecule has 7 heteroatoms. The predicted molar refractivity (Wildman–Crippen MR) is 67.9 cm³/mol. The quantitative estimate of drug-likeness (QED) is 0.918. The van der Waals surface area contributed by atoms with Crippen molar-refractivity contribution in [3.05, 3.63) is 46.2 Å². The molecule has 3 nitrogen and oxygen atoms in total. The molecule has 1 aromatic heterocycles. The number of hydrogen-bond donors (Lipinski definition) is 1. The van der Waals surface area contributed by atoms with E-state index in [1.165, 1.54) is 19.2 Å². The van der Waals surface area contributed by atoms with Gasteiger partial charge in [-0.1, -0.05) is 15.9 Å². The molecular weight excluding hydrogens is 325 g/mol. The Morgan fingerprint density at radius 1 is 1.11 bits per heavy atom. The summed E-state index contributed by atoms with van der Waals surface area (Å²) in [7, 11) is 1.44. The molecule has 0 radical (unpaired) electrons. The number of halogens is 4. The van der Waals surface area contributed by atoms with Crippen LogP contribution in [0.25, 0.3) is 0 Å². The molecule has 0 bridgehead atoms. The first-order chi connectivity index (χ1) is 8.99. The summed E-state index contributed by atoms with van der Waals surface area (Å²) in [5, 5.41) is 2.46. The molecule has 0 aliphatic rings. The first kappa shape index (κ1) is 13.7. The van der Waals surface area contributed by atoms with E-state index in [1.807, 2.05) is 0 Å². The fourth-order valence-electron chi connectivity index (χ4n) is 1.40. The SMILES string of the molecule is CNc1nc(Oc2cc(F)cc(Br)c2)c(F)cc1F. The van der Waals surface area contributed by atoms with Crippen molar-refractivity contribution >= 4 is 21.7 Å². The maximum absolute atomic E-state index is 13.5. The highest BCUT2D eigenvalue weighted by Crippen LogP contribution is 2.28. The summed E-state index contributed by atoms with van der Waals surface area (Å²) in [4.78, 5) is 3.62. The fourth-order valence-corrected chi connectivity index (χ4v) is 1.84. The summed E-state index contributed by atoms with van der Waals surface area (Å²) in [6.45, 7) is 0. The molecule has 1 aromatic carbocycles. The first-order valence-corrected chi connectivity index (χ1v) is 5.96. The predicted octanol–water partition coefficient (Wildman–Crippen LogP) is 4.10. The van der Waals surface area contributed by atoms with Crippen LogP contribution < -0.4 is 10.1 Å². The molecule has 0 fully saturated rings. The molecule has 0 spiro atoms. The maximum atomic E-state index is 13.5. The number of benzene rings is 1. The van der Waals surface area contributed by atoms with Gasteiger partial charge in [0, 0.05) is 23.7 Å². The Kier molecular flexibility index (Phi) is 3.94. The Labute approximate surface area is 115 Å². The number of hydrogen-bond acceptors (Lipinski definition) is 3. The minimum absolute atomic E-state index is 0.0481. The van der Waals surface area contributed by atoms with Crippen LogP contribution in [0, 0.1) is 17.5 Å². The second-order valence-corrected chi connectivity index (χ2v) is 4.48. The third-order valence-corrected chi connectivity index (χ3v) is 2.64. The lowest BCUT2D eigenvalue weighted by molar-refractivity contribution is 0.415. The number of ether oxygens (including phenoxy) is 1. The molecule has 0 atom stereocenters. The molecule has 0 amide bonds. The van der Waals surface area contributed by atoms with Crippen LogP contribution in [0.1, 0.15) is 0 Å². The highest BCUT2D eigenvalue weighted by atomic mass is 79.9. The van der Waals surface area contributed by atoms with Gasteiger partial charge in [0.1, 0.15) is 11.6 Å². The van der Waals surface area contributed by atoms with Crippen molar-refractivity contribution in [3.8, 4) is 11.6 Å². The molecule has 1 N–H and O–H groups in total. The Balaban J connectivity index is 2.37. The van der Waals surface area contributed by atoms with Gasteiger partial charge in [0.05, 0.1) is 0 Å². The molecule has 0 saturated heterocycles. The number of nitrogens with zero attached hydrogens (tertiary/aromatic N) is 1. The van der Waals surface area contributed by atoms with Crippen LogP contribution in [0.2, 0.25) is 0 Å². The summed E-state index contributed by atoms with van der Waals surface area (Å²) >= 11 is 3.08. The van der Waals surface area contributed by atoms with Crippen molar-refractivity contribution in [2.24, 2.45) is 0 Å². The average molecular weight is 333 g/mol. The van der Waals surface area contributed by atoms with Crippen molar-refractivity contribution in [1.82, 2.24) is 4.98 Å². The topological polar surface area (TPSA) is 34.2 Å². The maximum Gasteiger partial charge on any atom is 0.258 e. The molecular formula is C12H8BrF3N2O. The van der Waals surface area contributed by atoms with E-state index in [4.69, 9.17) is 4.74 Å². The van der Waals surface area contributed by atoms with Crippen LogP contribution in [0.4, 0.5) is 19.0 Å². The van der Waals surface area contributed by atoms with Gasteiger partial charge in [-0.3, -0.25) is 0 Å². The summed E-state index contributed by atoms with van der Waals surface area (Å²) in [6.07, 6.45) is 0. The van der Waals surface area contributed by atoms with E-state index in [9.17, 15) is 13.2 Å². The van der Waals surface area contributed by atoms with E-state index in [0.29, 0.717) is 10.5 Å². The number of nitrogens with one attached hydrogen (secondary N) is 1. The molecule has 0 unspecified atom stereocenters.